The van der Waals surface area contributed by atoms with Gasteiger partial charge in [0.25, 0.3) is 0 Å². The number of hydrogen-bond donors (Lipinski definition) is 1. The lowest BCUT2D eigenvalue weighted by Gasteiger charge is -2.11. The number of carboxylic acids is 1. The van der Waals surface area contributed by atoms with E-state index in [2.05, 4.69) is 13.8 Å². The molecule has 1 N–H and O–H groups in total. The van der Waals surface area contributed by atoms with Crippen LogP contribution in [-0.2, 0) is 11.2 Å². The largest absolute Gasteiger partial charge is 0.481 e. The summed E-state index contributed by atoms with van der Waals surface area (Å²) in [4.78, 5) is 10.5. The molecule has 1 rings (SSSR count). The maximum atomic E-state index is 10.5. The van der Waals surface area contributed by atoms with Crippen molar-refractivity contribution in [3.05, 3.63) is 34.3 Å². The van der Waals surface area contributed by atoms with Crippen LogP contribution in [0.25, 0.3) is 0 Å². The van der Waals surface area contributed by atoms with Crippen LogP contribution in [0, 0.1) is 0 Å². The van der Waals surface area contributed by atoms with E-state index in [4.69, 9.17) is 16.7 Å². The molecule has 0 aliphatic rings. The Morgan fingerprint density at radius 1 is 1.47 bits per heavy atom. The molecule has 0 bridgehead atoms. The maximum absolute atomic E-state index is 10.5. The zero-order valence-corrected chi connectivity index (χ0v) is 9.71. The molecule has 0 spiro atoms. The zero-order valence-electron chi connectivity index (χ0n) is 8.96. The highest BCUT2D eigenvalue weighted by atomic mass is 35.5. The molecule has 1 aromatic carbocycles. The number of carboxylic acid groups (broad SMARTS) is 1. The van der Waals surface area contributed by atoms with E-state index in [0.29, 0.717) is 17.4 Å². The van der Waals surface area contributed by atoms with Crippen molar-refractivity contribution in [2.75, 3.05) is 0 Å². The molecule has 0 atom stereocenters. The summed E-state index contributed by atoms with van der Waals surface area (Å²) in [5, 5.41) is 9.32. The van der Waals surface area contributed by atoms with Gasteiger partial charge in [0.1, 0.15) is 0 Å². The number of halogens is 1. The molecule has 0 radical (unpaired) electrons. The second kappa shape index (κ2) is 5.17. The molecule has 0 saturated heterocycles. The predicted molar refractivity (Wildman–Crippen MR) is 61.5 cm³/mol. The monoisotopic (exact) mass is 226 g/mol. The van der Waals surface area contributed by atoms with Gasteiger partial charge in [-0.2, -0.15) is 0 Å². The summed E-state index contributed by atoms with van der Waals surface area (Å²) in [5.74, 6) is -0.428. The summed E-state index contributed by atoms with van der Waals surface area (Å²) in [7, 11) is 0. The van der Waals surface area contributed by atoms with Gasteiger partial charge < -0.3 is 5.11 Å². The highest BCUT2D eigenvalue weighted by molar-refractivity contribution is 6.32. The summed E-state index contributed by atoms with van der Waals surface area (Å²) in [6.07, 6.45) is 0.621. The van der Waals surface area contributed by atoms with Crippen LogP contribution < -0.4 is 0 Å². The van der Waals surface area contributed by atoms with Gasteiger partial charge in [0, 0.05) is 11.4 Å². The quantitative estimate of drug-likeness (QED) is 0.854. The summed E-state index contributed by atoms with van der Waals surface area (Å²) < 4.78 is 0. The first-order valence-corrected chi connectivity index (χ1v) is 5.39. The maximum Gasteiger partial charge on any atom is 0.303 e. The van der Waals surface area contributed by atoms with Crippen molar-refractivity contribution < 1.29 is 9.90 Å². The summed E-state index contributed by atoms with van der Waals surface area (Å²) in [5.41, 5.74) is 2.00. The van der Waals surface area contributed by atoms with E-state index < -0.39 is 5.97 Å². The third kappa shape index (κ3) is 3.24. The van der Waals surface area contributed by atoms with Crippen molar-refractivity contribution >= 4 is 17.6 Å². The molecule has 0 aromatic heterocycles. The summed E-state index contributed by atoms with van der Waals surface area (Å²) in [6, 6.07) is 5.80. The van der Waals surface area contributed by atoms with Gasteiger partial charge >= 0.3 is 5.97 Å². The third-order valence-electron chi connectivity index (χ3n) is 2.34. The number of carbonyl (C=O) groups is 1. The molecule has 0 heterocycles. The topological polar surface area (TPSA) is 37.3 Å². The van der Waals surface area contributed by atoms with Crippen LogP contribution in [0.1, 0.15) is 37.3 Å². The van der Waals surface area contributed by atoms with Gasteiger partial charge in [0.2, 0.25) is 0 Å². The molecule has 0 unspecified atom stereocenters. The highest BCUT2D eigenvalue weighted by Crippen LogP contribution is 2.28. The van der Waals surface area contributed by atoms with E-state index in [1.54, 1.807) is 0 Å². The Balaban J connectivity index is 2.89. The Bertz CT molecular complexity index is 359. The molecular weight excluding hydrogens is 212 g/mol. The fourth-order valence-corrected chi connectivity index (χ4v) is 1.92. The van der Waals surface area contributed by atoms with Crippen LogP contribution in [0.15, 0.2) is 18.2 Å². The first kappa shape index (κ1) is 12.1. The smallest absolute Gasteiger partial charge is 0.303 e. The third-order valence-corrected chi connectivity index (χ3v) is 2.80. The van der Waals surface area contributed by atoms with Crippen LogP contribution in [0.4, 0.5) is 0 Å². The van der Waals surface area contributed by atoms with Crippen molar-refractivity contribution in [2.45, 2.75) is 32.6 Å². The predicted octanol–water partition coefficient (Wildman–Crippen LogP) is 3.48. The van der Waals surface area contributed by atoms with E-state index in [0.717, 1.165) is 11.1 Å². The van der Waals surface area contributed by atoms with Crippen molar-refractivity contribution in [1.29, 1.82) is 0 Å². The average Bonchev–Trinajstić information content (AvgIpc) is 2.15. The molecule has 0 aliphatic heterocycles. The van der Waals surface area contributed by atoms with Gasteiger partial charge in [-0.15, -0.1) is 0 Å². The Kier molecular flexibility index (Phi) is 4.15. The molecular formula is C12H15ClO2. The second-order valence-electron chi connectivity index (χ2n) is 3.87. The van der Waals surface area contributed by atoms with E-state index in [-0.39, 0.29) is 6.42 Å². The van der Waals surface area contributed by atoms with Gasteiger partial charge in [0.05, 0.1) is 0 Å². The standard InChI is InChI=1S/C12H15ClO2/c1-8(2)10-5-3-4-9(12(10)13)6-7-11(14)15/h3-5,8H,6-7H2,1-2H3,(H,14,15). The molecule has 0 aliphatic carbocycles. The second-order valence-corrected chi connectivity index (χ2v) is 4.25. The van der Waals surface area contributed by atoms with Gasteiger partial charge in [0.15, 0.2) is 0 Å². The normalized spacial score (nSPS) is 10.7. The highest BCUT2D eigenvalue weighted by Gasteiger charge is 2.09. The van der Waals surface area contributed by atoms with Crippen molar-refractivity contribution in [1.82, 2.24) is 0 Å². The molecule has 3 heteroatoms. The van der Waals surface area contributed by atoms with Gasteiger partial charge in [-0.25, -0.2) is 0 Å². The molecule has 2 nitrogen and oxygen atoms in total. The Morgan fingerprint density at radius 3 is 2.67 bits per heavy atom. The van der Waals surface area contributed by atoms with Crippen LogP contribution in [0.2, 0.25) is 5.02 Å². The number of hydrogen-bond acceptors (Lipinski definition) is 1. The minimum atomic E-state index is -0.791. The Morgan fingerprint density at radius 2 is 2.13 bits per heavy atom. The fraction of sp³-hybridized carbons (Fsp3) is 0.417. The molecule has 15 heavy (non-hydrogen) atoms. The number of rotatable bonds is 4. The zero-order chi connectivity index (χ0) is 11.4. The first-order valence-electron chi connectivity index (χ1n) is 5.01. The van der Waals surface area contributed by atoms with Crippen LogP contribution in [-0.4, -0.2) is 11.1 Å². The lowest BCUT2D eigenvalue weighted by Crippen LogP contribution is -1.99. The van der Waals surface area contributed by atoms with Crippen LogP contribution >= 0.6 is 11.6 Å². The molecule has 0 amide bonds. The van der Waals surface area contributed by atoms with Gasteiger partial charge in [-0.3, -0.25) is 4.79 Å². The van der Waals surface area contributed by atoms with Crippen molar-refractivity contribution in [3.8, 4) is 0 Å². The van der Waals surface area contributed by atoms with Crippen molar-refractivity contribution in [2.24, 2.45) is 0 Å². The number of aliphatic carboxylic acids is 1. The summed E-state index contributed by atoms with van der Waals surface area (Å²) >= 11 is 6.19. The Hall–Kier alpha value is -1.02. The van der Waals surface area contributed by atoms with Gasteiger partial charge in [-0.05, 0) is 23.5 Å². The minimum absolute atomic E-state index is 0.126. The molecule has 0 saturated carbocycles. The number of aryl methyl sites for hydroxylation is 1. The van der Waals surface area contributed by atoms with Crippen LogP contribution in [0.3, 0.4) is 0 Å². The lowest BCUT2D eigenvalue weighted by atomic mass is 9.99. The van der Waals surface area contributed by atoms with Crippen molar-refractivity contribution in [3.63, 3.8) is 0 Å². The SMILES string of the molecule is CC(C)c1cccc(CCC(=O)O)c1Cl. The summed E-state index contributed by atoms with van der Waals surface area (Å²) in [6.45, 7) is 4.14. The van der Waals surface area contributed by atoms with Crippen LogP contribution in [0.5, 0.6) is 0 Å². The molecule has 82 valence electrons. The first-order chi connectivity index (χ1) is 7.02. The van der Waals surface area contributed by atoms with E-state index >= 15 is 0 Å². The van der Waals surface area contributed by atoms with E-state index in [1.165, 1.54) is 0 Å². The van der Waals surface area contributed by atoms with E-state index in [1.807, 2.05) is 18.2 Å². The minimum Gasteiger partial charge on any atom is -0.481 e. The molecule has 0 fully saturated rings. The number of benzene rings is 1. The molecule has 1 aromatic rings. The Labute approximate surface area is 94.9 Å². The van der Waals surface area contributed by atoms with Gasteiger partial charge in [-0.1, -0.05) is 43.6 Å². The average molecular weight is 227 g/mol. The van der Waals surface area contributed by atoms with E-state index in [9.17, 15) is 4.79 Å². The fourth-order valence-electron chi connectivity index (χ4n) is 1.48. The lowest BCUT2D eigenvalue weighted by molar-refractivity contribution is -0.136.